The first kappa shape index (κ1) is 19.3. The summed E-state index contributed by atoms with van der Waals surface area (Å²) in [6.07, 6.45) is 2.20. The van der Waals surface area contributed by atoms with Crippen molar-refractivity contribution < 1.29 is 19.0 Å². The van der Waals surface area contributed by atoms with E-state index in [0.29, 0.717) is 19.5 Å². The van der Waals surface area contributed by atoms with Crippen LogP contribution in [-0.4, -0.2) is 51.8 Å². The summed E-state index contributed by atoms with van der Waals surface area (Å²) in [5.74, 6) is -0.357. The van der Waals surface area contributed by atoms with E-state index < -0.39 is 23.8 Å². The van der Waals surface area contributed by atoms with Crippen molar-refractivity contribution in [1.82, 2.24) is 15.1 Å². The first-order chi connectivity index (χ1) is 12.7. The number of halogens is 1. The molecular weight excluding hydrogens is 351 g/mol. The van der Waals surface area contributed by atoms with Crippen molar-refractivity contribution >= 4 is 5.91 Å². The fourth-order valence-electron chi connectivity index (χ4n) is 3.09. The van der Waals surface area contributed by atoms with Gasteiger partial charge in [-0.05, 0) is 44.5 Å². The smallest absolute Gasteiger partial charge is 0.252 e. The molecule has 2 aromatic rings. The lowest BCUT2D eigenvalue weighted by Crippen LogP contribution is -2.44. The van der Waals surface area contributed by atoms with Crippen molar-refractivity contribution in [2.24, 2.45) is 5.73 Å². The lowest BCUT2D eigenvalue weighted by Gasteiger charge is -2.28. The molecule has 8 heteroatoms. The van der Waals surface area contributed by atoms with Gasteiger partial charge in [0.25, 0.3) is 5.91 Å². The number of nitrogens with one attached hydrogen (secondary N) is 1. The maximum atomic E-state index is 14.0. The van der Waals surface area contributed by atoms with Crippen LogP contribution in [0.5, 0.6) is 5.75 Å². The predicted octanol–water partition coefficient (Wildman–Crippen LogP) is 1.50. The van der Waals surface area contributed by atoms with E-state index in [-0.39, 0.29) is 17.9 Å². The van der Waals surface area contributed by atoms with Crippen molar-refractivity contribution in [2.75, 3.05) is 13.1 Å². The van der Waals surface area contributed by atoms with Crippen molar-refractivity contribution in [3.63, 3.8) is 0 Å². The highest BCUT2D eigenvalue weighted by Gasteiger charge is 2.27. The van der Waals surface area contributed by atoms with E-state index in [1.807, 2.05) is 0 Å². The predicted molar refractivity (Wildman–Crippen MR) is 99.3 cm³/mol. The van der Waals surface area contributed by atoms with E-state index in [2.05, 4.69) is 10.4 Å². The lowest BCUT2D eigenvalue weighted by molar-refractivity contribution is 0.0577. The summed E-state index contributed by atoms with van der Waals surface area (Å²) in [4.78, 5) is 11.9. The van der Waals surface area contributed by atoms with E-state index in [1.54, 1.807) is 49.1 Å². The Morgan fingerprint density at radius 2 is 2.26 bits per heavy atom. The molecule has 1 aliphatic rings. The van der Waals surface area contributed by atoms with Gasteiger partial charge in [0.2, 0.25) is 0 Å². The maximum absolute atomic E-state index is 14.0. The number of aromatic nitrogens is 2. The highest BCUT2D eigenvalue weighted by Crippen LogP contribution is 2.29. The van der Waals surface area contributed by atoms with Crippen LogP contribution in [0.1, 0.15) is 30.6 Å². The van der Waals surface area contributed by atoms with Crippen molar-refractivity contribution in [3.05, 3.63) is 36.2 Å². The van der Waals surface area contributed by atoms with Gasteiger partial charge in [-0.1, -0.05) is 6.07 Å². The number of hydrogen-bond acceptors (Lipinski definition) is 5. The molecule has 1 aliphatic heterocycles. The molecule has 2 atom stereocenters. The first-order valence-electron chi connectivity index (χ1n) is 8.93. The van der Waals surface area contributed by atoms with E-state index in [9.17, 15) is 14.3 Å². The molecule has 0 spiro atoms. The molecule has 1 saturated heterocycles. The Morgan fingerprint density at radius 3 is 2.93 bits per heavy atom. The Bertz CT molecular complexity index is 816. The fourth-order valence-corrected chi connectivity index (χ4v) is 3.09. The molecule has 1 aromatic heterocycles. The number of piperidine rings is 1. The minimum absolute atomic E-state index is 0.202. The molecule has 3 rings (SSSR count). The maximum Gasteiger partial charge on any atom is 0.252 e. The van der Waals surface area contributed by atoms with Gasteiger partial charge in [0.1, 0.15) is 18.0 Å². The minimum atomic E-state index is -1.14. The number of primary amides is 1. The summed E-state index contributed by atoms with van der Waals surface area (Å²) in [7, 11) is 0. The molecule has 0 aliphatic carbocycles. The van der Waals surface area contributed by atoms with Crippen LogP contribution in [-0.2, 0) is 6.54 Å². The van der Waals surface area contributed by atoms with Crippen molar-refractivity contribution in [2.45, 2.75) is 44.7 Å². The number of carbonyl (C=O) groups is 1. The molecule has 0 unspecified atom stereocenters. The van der Waals surface area contributed by atoms with Crippen LogP contribution in [0.15, 0.2) is 30.6 Å². The standard InChI is InChI=1S/C19H25FN4O3/c1-19(2,26)11-24-10-13(8-23-24)12-3-4-16(14(7-12)18(21)25)27-17-5-6-22-9-15(17)20/h3-4,7-8,10,15,17,22,26H,5-6,9,11H2,1-2H3,(H2,21,25)/t15-,17-/m1/s1. The number of aliphatic hydroxyl groups is 1. The summed E-state index contributed by atoms with van der Waals surface area (Å²) >= 11 is 0. The van der Waals surface area contributed by atoms with Gasteiger partial charge in [-0.3, -0.25) is 9.48 Å². The molecule has 146 valence electrons. The lowest BCUT2D eigenvalue weighted by atomic mass is 10.0. The van der Waals surface area contributed by atoms with Gasteiger partial charge in [0.15, 0.2) is 0 Å². The highest BCUT2D eigenvalue weighted by molar-refractivity contribution is 5.97. The number of alkyl halides is 1. The van der Waals surface area contributed by atoms with Gasteiger partial charge in [0.05, 0.1) is 23.9 Å². The van der Waals surface area contributed by atoms with Crippen LogP contribution in [0.3, 0.4) is 0 Å². The van der Waals surface area contributed by atoms with Gasteiger partial charge >= 0.3 is 0 Å². The normalized spacial score (nSPS) is 20.4. The second kappa shape index (κ2) is 7.66. The zero-order valence-electron chi connectivity index (χ0n) is 15.5. The van der Waals surface area contributed by atoms with Crippen LogP contribution >= 0.6 is 0 Å². The van der Waals surface area contributed by atoms with Crippen LogP contribution in [0.2, 0.25) is 0 Å². The zero-order chi connectivity index (χ0) is 19.6. The molecule has 0 radical (unpaired) electrons. The minimum Gasteiger partial charge on any atom is -0.486 e. The van der Waals surface area contributed by atoms with Gasteiger partial charge < -0.3 is 20.9 Å². The molecule has 7 nitrogen and oxygen atoms in total. The molecule has 0 saturated carbocycles. The molecule has 1 aromatic carbocycles. The van der Waals surface area contributed by atoms with E-state index >= 15 is 0 Å². The molecule has 0 bridgehead atoms. The van der Waals surface area contributed by atoms with Gasteiger partial charge in [0, 0.05) is 18.3 Å². The van der Waals surface area contributed by atoms with Gasteiger partial charge in [-0.2, -0.15) is 5.10 Å². The quantitative estimate of drug-likeness (QED) is 0.709. The van der Waals surface area contributed by atoms with Gasteiger partial charge in [-0.25, -0.2) is 4.39 Å². The largest absolute Gasteiger partial charge is 0.486 e. The SMILES string of the molecule is CC(C)(O)Cn1cc(-c2ccc(O[C@@H]3CCNC[C@H]3F)c(C(N)=O)c2)cn1. The Kier molecular flexibility index (Phi) is 5.48. The highest BCUT2D eigenvalue weighted by atomic mass is 19.1. The number of nitrogens with zero attached hydrogens (tertiary/aromatic N) is 2. The summed E-state index contributed by atoms with van der Waals surface area (Å²) in [5, 5.41) is 17.1. The molecular formula is C19H25FN4O3. The third-order valence-electron chi connectivity index (χ3n) is 4.39. The summed E-state index contributed by atoms with van der Waals surface area (Å²) in [6, 6.07) is 5.04. The number of ether oxygens (including phenoxy) is 1. The average molecular weight is 376 g/mol. The first-order valence-corrected chi connectivity index (χ1v) is 8.93. The number of nitrogens with two attached hydrogens (primary N) is 1. The second-order valence-corrected chi connectivity index (χ2v) is 7.48. The van der Waals surface area contributed by atoms with Gasteiger partial charge in [-0.15, -0.1) is 0 Å². The molecule has 1 fully saturated rings. The van der Waals surface area contributed by atoms with E-state index in [4.69, 9.17) is 10.5 Å². The fraction of sp³-hybridized carbons (Fsp3) is 0.474. The number of rotatable bonds is 6. The third kappa shape index (κ3) is 4.84. The monoisotopic (exact) mass is 376 g/mol. The topological polar surface area (TPSA) is 102 Å². The third-order valence-corrected chi connectivity index (χ3v) is 4.39. The van der Waals surface area contributed by atoms with Crippen LogP contribution in [0.25, 0.3) is 11.1 Å². The number of amides is 1. The number of hydrogen-bond donors (Lipinski definition) is 3. The van der Waals surface area contributed by atoms with Crippen LogP contribution < -0.4 is 15.8 Å². The summed E-state index contributed by atoms with van der Waals surface area (Å²) < 4.78 is 21.4. The Morgan fingerprint density at radius 1 is 1.48 bits per heavy atom. The van der Waals surface area contributed by atoms with Crippen LogP contribution in [0, 0.1) is 0 Å². The number of benzene rings is 1. The second-order valence-electron chi connectivity index (χ2n) is 7.48. The Labute approximate surface area is 157 Å². The van der Waals surface area contributed by atoms with Crippen molar-refractivity contribution in [3.8, 4) is 16.9 Å². The van der Waals surface area contributed by atoms with E-state index in [1.165, 1.54) is 0 Å². The number of carbonyl (C=O) groups excluding carboxylic acids is 1. The molecule has 4 N–H and O–H groups in total. The zero-order valence-corrected chi connectivity index (χ0v) is 15.5. The Hall–Kier alpha value is -2.45. The summed E-state index contributed by atoms with van der Waals surface area (Å²) in [6.45, 7) is 4.63. The summed E-state index contributed by atoms with van der Waals surface area (Å²) in [5.41, 5.74) is 6.33. The molecule has 2 heterocycles. The van der Waals surface area contributed by atoms with Crippen molar-refractivity contribution in [1.29, 1.82) is 0 Å². The molecule has 27 heavy (non-hydrogen) atoms. The molecule has 1 amide bonds. The Balaban J connectivity index is 1.84. The van der Waals surface area contributed by atoms with E-state index in [0.717, 1.165) is 11.1 Å². The average Bonchev–Trinajstić information content (AvgIpc) is 3.03. The van der Waals surface area contributed by atoms with Crippen LogP contribution in [0.4, 0.5) is 4.39 Å².